The fourth-order valence-electron chi connectivity index (χ4n) is 9.66. The summed E-state index contributed by atoms with van der Waals surface area (Å²) in [4.78, 5) is 2.71. The number of methoxy groups -OCH3 is 1. The van der Waals surface area contributed by atoms with Crippen LogP contribution in [0.4, 0.5) is 0 Å². The molecule has 192 valence electrons. The van der Waals surface area contributed by atoms with E-state index >= 15 is 0 Å². The van der Waals surface area contributed by atoms with Crippen LogP contribution in [-0.4, -0.2) is 69.4 Å². The van der Waals surface area contributed by atoms with Crippen molar-refractivity contribution in [3.05, 3.63) is 23.3 Å². The highest BCUT2D eigenvalue weighted by Gasteiger charge is 2.86. The van der Waals surface area contributed by atoms with E-state index in [0.717, 1.165) is 38.3 Å². The number of phenolic OH excluding ortho intramolecular Hbond substituents is 1. The standard InChI is InChI=1S/C29H41NO5/c1-24(2,3)25(4,32)29(33)16-26-10-11-28(29,34-5)23-27(26)12-13-30(15-17-6-7-17)20(26)14-18-8-9-19(31)22(35-23)21(18)27/h8-9,17,20,23,31-33H,6-7,10-16H2,1-5H3/t20-,23-,25+,26-,27+,28+,29+/m0/s1. The first-order valence-electron chi connectivity index (χ1n) is 13.6. The van der Waals surface area contributed by atoms with Gasteiger partial charge in [-0.25, -0.2) is 0 Å². The Balaban J connectivity index is 1.51. The number of aliphatic hydroxyl groups is 2. The second kappa shape index (κ2) is 6.38. The number of hydrogen-bond acceptors (Lipinski definition) is 6. The number of aromatic hydroxyl groups is 1. The molecular weight excluding hydrogens is 442 g/mol. The SMILES string of the molecule is CO[C@@]12CC[C@]3(C[C@@]1(O)[C@](C)(O)C(C)(C)C)[C@@H]1Cc4ccc(O)c5c4[C@]3(CCN1CC1CC1)[C@@H]2O5. The molecule has 1 aromatic carbocycles. The van der Waals surface area contributed by atoms with E-state index in [1.165, 1.54) is 24.0 Å². The van der Waals surface area contributed by atoms with Gasteiger partial charge in [0.1, 0.15) is 17.3 Å². The molecule has 0 aromatic heterocycles. The molecular formula is C29H41NO5. The van der Waals surface area contributed by atoms with Crippen LogP contribution in [0.2, 0.25) is 0 Å². The van der Waals surface area contributed by atoms with Crippen LogP contribution < -0.4 is 4.74 Å². The summed E-state index contributed by atoms with van der Waals surface area (Å²) in [6, 6.07) is 4.16. The lowest BCUT2D eigenvalue weighted by Crippen LogP contribution is -2.89. The van der Waals surface area contributed by atoms with Gasteiger partial charge in [0.25, 0.3) is 0 Å². The van der Waals surface area contributed by atoms with Crippen LogP contribution in [0.1, 0.15) is 77.3 Å². The van der Waals surface area contributed by atoms with Gasteiger partial charge in [-0.2, -0.15) is 0 Å². The number of piperidine rings is 1. The van der Waals surface area contributed by atoms with Gasteiger partial charge >= 0.3 is 0 Å². The molecule has 0 amide bonds. The van der Waals surface area contributed by atoms with Crippen LogP contribution in [0, 0.1) is 16.7 Å². The zero-order valence-corrected chi connectivity index (χ0v) is 21.9. The first kappa shape index (κ1) is 22.8. The van der Waals surface area contributed by atoms with Gasteiger partial charge in [-0.1, -0.05) is 26.8 Å². The number of nitrogens with zero attached hydrogens (tertiary/aromatic N) is 1. The Labute approximate surface area is 208 Å². The molecule has 3 N–H and O–H groups in total. The maximum atomic E-state index is 12.9. The fourth-order valence-corrected chi connectivity index (χ4v) is 9.66. The molecule has 0 radical (unpaired) electrons. The van der Waals surface area contributed by atoms with Crippen LogP contribution in [-0.2, 0) is 16.6 Å². The molecule has 2 aliphatic heterocycles. The van der Waals surface area contributed by atoms with E-state index in [1.807, 2.05) is 20.8 Å². The van der Waals surface area contributed by atoms with Crippen molar-refractivity contribution < 1.29 is 24.8 Å². The number of fused-ring (bicyclic) bond motifs is 2. The van der Waals surface area contributed by atoms with Crippen LogP contribution in [0.25, 0.3) is 0 Å². The third-order valence-corrected chi connectivity index (χ3v) is 12.0. The minimum Gasteiger partial charge on any atom is -0.504 e. The summed E-state index contributed by atoms with van der Waals surface area (Å²) in [5.74, 6) is 1.56. The van der Waals surface area contributed by atoms with Crippen molar-refractivity contribution >= 4 is 0 Å². The van der Waals surface area contributed by atoms with Gasteiger partial charge < -0.3 is 24.8 Å². The summed E-state index contributed by atoms with van der Waals surface area (Å²) in [5.41, 5.74) is -2.70. The van der Waals surface area contributed by atoms with E-state index in [1.54, 1.807) is 20.1 Å². The molecule has 5 fully saturated rings. The maximum Gasteiger partial charge on any atom is 0.165 e. The predicted octanol–water partition coefficient (Wildman–Crippen LogP) is 3.53. The monoisotopic (exact) mass is 483 g/mol. The molecule has 4 bridgehead atoms. The topological polar surface area (TPSA) is 82.4 Å². The predicted molar refractivity (Wildman–Crippen MR) is 132 cm³/mol. The van der Waals surface area contributed by atoms with Crippen molar-refractivity contribution in [1.29, 1.82) is 0 Å². The molecule has 7 atom stereocenters. The zero-order chi connectivity index (χ0) is 24.8. The minimum absolute atomic E-state index is 0.179. The van der Waals surface area contributed by atoms with E-state index < -0.39 is 28.3 Å². The molecule has 5 aliphatic carbocycles. The Morgan fingerprint density at radius 3 is 2.54 bits per heavy atom. The molecule has 6 nitrogen and oxygen atoms in total. The summed E-state index contributed by atoms with van der Waals surface area (Å²) in [6.07, 6.45) is 6.07. The van der Waals surface area contributed by atoms with Crippen molar-refractivity contribution in [3.8, 4) is 11.5 Å². The van der Waals surface area contributed by atoms with Crippen molar-refractivity contribution in [2.45, 2.75) is 107 Å². The number of benzene rings is 1. The highest BCUT2D eigenvalue weighted by Crippen LogP contribution is 2.78. The molecule has 2 heterocycles. The molecule has 1 saturated heterocycles. The van der Waals surface area contributed by atoms with Gasteiger partial charge in [0.15, 0.2) is 11.5 Å². The van der Waals surface area contributed by atoms with Crippen LogP contribution in [0.3, 0.4) is 0 Å². The van der Waals surface area contributed by atoms with Crippen molar-refractivity contribution in [2.75, 3.05) is 20.2 Å². The maximum absolute atomic E-state index is 12.9. The summed E-state index contributed by atoms with van der Waals surface area (Å²) in [5, 5.41) is 36.1. The van der Waals surface area contributed by atoms with E-state index in [4.69, 9.17) is 9.47 Å². The lowest BCUT2D eigenvalue weighted by molar-refractivity contribution is -0.376. The van der Waals surface area contributed by atoms with E-state index in [2.05, 4.69) is 11.0 Å². The second-order valence-electron chi connectivity index (χ2n) is 13.9. The molecule has 0 unspecified atom stereocenters. The molecule has 35 heavy (non-hydrogen) atoms. The third-order valence-electron chi connectivity index (χ3n) is 12.0. The van der Waals surface area contributed by atoms with Crippen molar-refractivity contribution in [3.63, 3.8) is 0 Å². The summed E-state index contributed by atoms with van der Waals surface area (Å²) in [6.45, 7) is 9.92. The largest absolute Gasteiger partial charge is 0.504 e. The third kappa shape index (κ3) is 2.26. The summed E-state index contributed by atoms with van der Waals surface area (Å²) >= 11 is 0. The molecule has 1 aromatic rings. The molecule has 2 spiro atoms. The molecule has 7 aliphatic rings. The number of hydrogen-bond donors (Lipinski definition) is 3. The van der Waals surface area contributed by atoms with E-state index in [0.29, 0.717) is 18.6 Å². The first-order chi connectivity index (χ1) is 16.4. The highest BCUT2D eigenvalue weighted by molar-refractivity contribution is 5.64. The Morgan fingerprint density at radius 2 is 1.89 bits per heavy atom. The Morgan fingerprint density at radius 1 is 1.14 bits per heavy atom. The van der Waals surface area contributed by atoms with E-state index in [9.17, 15) is 15.3 Å². The van der Waals surface area contributed by atoms with Gasteiger partial charge in [-0.3, -0.25) is 4.90 Å². The highest BCUT2D eigenvalue weighted by atomic mass is 16.6. The number of rotatable bonds is 4. The normalized spacial score (nSPS) is 45.1. The summed E-state index contributed by atoms with van der Waals surface area (Å²) < 4.78 is 13.2. The van der Waals surface area contributed by atoms with Crippen molar-refractivity contribution in [1.82, 2.24) is 4.90 Å². The molecule has 8 rings (SSSR count). The van der Waals surface area contributed by atoms with Gasteiger partial charge in [-0.05, 0) is 81.4 Å². The Kier molecular flexibility index (Phi) is 4.16. The quantitative estimate of drug-likeness (QED) is 0.608. The van der Waals surface area contributed by atoms with Crippen LogP contribution in [0.15, 0.2) is 12.1 Å². The number of phenols is 1. The fraction of sp³-hybridized carbons (Fsp3) is 0.793. The lowest BCUT2D eigenvalue weighted by atomic mass is 9.32. The van der Waals surface area contributed by atoms with Crippen molar-refractivity contribution in [2.24, 2.45) is 16.7 Å². The Hall–Kier alpha value is -1.34. The zero-order valence-electron chi connectivity index (χ0n) is 21.9. The second-order valence-corrected chi connectivity index (χ2v) is 13.9. The first-order valence-corrected chi connectivity index (χ1v) is 13.6. The Bertz CT molecular complexity index is 1110. The molecule has 6 heteroatoms. The average molecular weight is 484 g/mol. The van der Waals surface area contributed by atoms with Crippen LogP contribution >= 0.6 is 0 Å². The van der Waals surface area contributed by atoms with Gasteiger partial charge in [0.2, 0.25) is 0 Å². The van der Waals surface area contributed by atoms with E-state index in [-0.39, 0.29) is 22.6 Å². The summed E-state index contributed by atoms with van der Waals surface area (Å²) in [7, 11) is 1.67. The number of ether oxygens (including phenoxy) is 2. The van der Waals surface area contributed by atoms with Crippen LogP contribution in [0.5, 0.6) is 11.5 Å². The number of likely N-dealkylation sites (tertiary alicyclic amines) is 1. The smallest absolute Gasteiger partial charge is 0.165 e. The van der Waals surface area contributed by atoms with Gasteiger partial charge in [0, 0.05) is 36.1 Å². The van der Waals surface area contributed by atoms with Gasteiger partial charge in [-0.15, -0.1) is 0 Å². The molecule has 4 saturated carbocycles. The average Bonchev–Trinajstić information content (AvgIpc) is 3.53. The minimum atomic E-state index is -1.50. The lowest BCUT2D eigenvalue weighted by Gasteiger charge is -2.77. The van der Waals surface area contributed by atoms with Gasteiger partial charge in [0.05, 0.1) is 5.60 Å².